The van der Waals surface area contributed by atoms with E-state index in [0.717, 1.165) is 6.54 Å². The van der Waals surface area contributed by atoms with E-state index in [4.69, 9.17) is 4.74 Å². The van der Waals surface area contributed by atoms with Crippen LogP contribution < -0.4 is 10.1 Å². The summed E-state index contributed by atoms with van der Waals surface area (Å²) in [6.07, 6.45) is 0. The van der Waals surface area contributed by atoms with Gasteiger partial charge in [-0.15, -0.1) is 12.4 Å². The molecule has 0 bridgehead atoms. The highest BCUT2D eigenvalue weighted by Gasteiger charge is 2.23. The van der Waals surface area contributed by atoms with E-state index in [9.17, 15) is 9.90 Å². The van der Waals surface area contributed by atoms with Crippen molar-refractivity contribution < 1.29 is 14.6 Å². The minimum Gasteiger partial charge on any atom is -0.507 e. The molecule has 1 aliphatic heterocycles. The Kier molecular flexibility index (Phi) is 5.44. The maximum absolute atomic E-state index is 12.3. The van der Waals surface area contributed by atoms with Crippen molar-refractivity contribution in [3.63, 3.8) is 0 Å². The Morgan fingerprint density at radius 2 is 2.26 bits per heavy atom. The molecule has 106 valence electrons. The number of piperazine rings is 1. The van der Waals surface area contributed by atoms with Crippen LogP contribution in [0.1, 0.15) is 17.3 Å². The number of phenolic OH excluding ortho intramolecular Hbond substituents is 1. The van der Waals surface area contributed by atoms with Gasteiger partial charge in [0, 0.05) is 25.7 Å². The minimum absolute atomic E-state index is 0. The second-order valence-electron chi connectivity index (χ2n) is 4.49. The number of methoxy groups -OCH3 is 1. The fourth-order valence-electron chi connectivity index (χ4n) is 2.10. The summed E-state index contributed by atoms with van der Waals surface area (Å²) in [5.41, 5.74) is 0.295. The summed E-state index contributed by atoms with van der Waals surface area (Å²) in [6, 6.07) is 4.96. The Morgan fingerprint density at radius 1 is 1.53 bits per heavy atom. The lowest BCUT2D eigenvalue weighted by molar-refractivity contribution is 0.0705. The number of carbonyl (C=O) groups is 1. The molecule has 0 aliphatic carbocycles. The van der Waals surface area contributed by atoms with Crippen molar-refractivity contribution in [2.75, 3.05) is 26.7 Å². The van der Waals surface area contributed by atoms with E-state index in [0.29, 0.717) is 24.4 Å². The van der Waals surface area contributed by atoms with Crippen molar-refractivity contribution in [3.8, 4) is 11.5 Å². The molecular formula is C13H19ClN2O3. The summed E-state index contributed by atoms with van der Waals surface area (Å²) in [5, 5.41) is 13.1. The Labute approximate surface area is 119 Å². The Hall–Kier alpha value is -1.46. The third kappa shape index (κ3) is 3.52. The minimum atomic E-state index is -0.153. The van der Waals surface area contributed by atoms with Gasteiger partial charge in [0.05, 0.1) is 12.7 Å². The van der Waals surface area contributed by atoms with Gasteiger partial charge in [0.15, 0.2) is 0 Å². The number of aromatic hydroxyl groups is 1. The van der Waals surface area contributed by atoms with Crippen LogP contribution in [0.3, 0.4) is 0 Å². The number of hydrogen-bond acceptors (Lipinski definition) is 4. The number of nitrogens with zero attached hydrogens (tertiary/aromatic N) is 1. The largest absolute Gasteiger partial charge is 0.507 e. The fraction of sp³-hybridized carbons (Fsp3) is 0.462. The fourth-order valence-corrected chi connectivity index (χ4v) is 2.10. The third-order valence-corrected chi connectivity index (χ3v) is 3.09. The number of benzene rings is 1. The van der Waals surface area contributed by atoms with E-state index in [1.54, 1.807) is 17.0 Å². The summed E-state index contributed by atoms with van der Waals surface area (Å²) in [4.78, 5) is 14.1. The van der Waals surface area contributed by atoms with Gasteiger partial charge >= 0.3 is 0 Å². The predicted octanol–water partition coefficient (Wildman–Crippen LogP) is 1.26. The predicted molar refractivity (Wildman–Crippen MR) is 75.3 cm³/mol. The maximum atomic E-state index is 12.3. The van der Waals surface area contributed by atoms with Crippen LogP contribution >= 0.6 is 12.4 Å². The summed E-state index contributed by atoms with van der Waals surface area (Å²) in [7, 11) is 1.54. The van der Waals surface area contributed by atoms with E-state index in [1.807, 2.05) is 6.92 Å². The van der Waals surface area contributed by atoms with Crippen LogP contribution in [-0.4, -0.2) is 48.7 Å². The summed E-state index contributed by atoms with van der Waals surface area (Å²) >= 11 is 0. The zero-order chi connectivity index (χ0) is 13.1. The van der Waals surface area contributed by atoms with Crippen LogP contribution in [0.25, 0.3) is 0 Å². The zero-order valence-electron chi connectivity index (χ0n) is 11.0. The SMILES string of the molecule is COc1ccc(O)c(C(=O)N2CCN[C@H](C)C2)c1.Cl. The van der Waals surface area contributed by atoms with Crippen molar-refractivity contribution in [3.05, 3.63) is 23.8 Å². The number of amides is 1. The molecule has 1 saturated heterocycles. The molecule has 0 radical (unpaired) electrons. The van der Waals surface area contributed by atoms with Crippen molar-refractivity contribution in [2.24, 2.45) is 0 Å². The molecule has 2 rings (SSSR count). The van der Waals surface area contributed by atoms with Gasteiger partial charge in [0.1, 0.15) is 11.5 Å². The van der Waals surface area contributed by atoms with Gasteiger partial charge in [-0.3, -0.25) is 4.79 Å². The molecule has 2 N–H and O–H groups in total. The van der Waals surface area contributed by atoms with E-state index < -0.39 is 0 Å². The number of ether oxygens (including phenoxy) is 1. The topological polar surface area (TPSA) is 61.8 Å². The molecule has 0 aromatic heterocycles. The average molecular weight is 287 g/mol. The normalized spacial score (nSPS) is 18.6. The molecule has 1 aromatic rings. The Morgan fingerprint density at radius 3 is 2.89 bits per heavy atom. The van der Waals surface area contributed by atoms with Gasteiger partial charge in [0.2, 0.25) is 0 Å². The molecule has 1 heterocycles. The summed E-state index contributed by atoms with van der Waals surface area (Å²) in [5.74, 6) is 0.408. The first-order valence-corrected chi connectivity index (χ1v) is 6.01. The number of hydrogen-bond donors (Lipinski definition) is 2. The van der Waals surface area contributed by atoms with E-state index in [-0.39, 0.29) is 30.1 Å². The van der Waals surface area contributed by atoms with Gasteiger partial charge in [-0.25, -0.2) is 0 Å². The van der Waals surface area contributed by atoms with Crippen molar-refractivity contribution in [1.82, 2.24) is 10.2 Å². The lowest BCUT2D eigenvalue weighted by Crippen LogP contribution is -2.51. The quantitative estimate of drug-likeness (QED) is 0.859. The molecule has 1 aromatic carbocycles. The Balaban J connectivity index is 0.00000180. The molecule has 6 heteroatoms. The summed E-state index contributed by atoms with van der Waals surface area (Å²) in [6.45, 7) is 4.11. The number of rotatable bonds is 2. The second-order valence-corrected chi connectivity index (χ2v) is 4.49. The molecule has 5 nitrogen and oxygen atoms in total. The first kappa shape index (κ1) is 15.6. The smallest absolute Gasteiger partial charge is 0.257 e. The van der Waals surface area contributed by atoms with E-state index in [2.05, 4.69) is 5.32 Å². The molecule has 0 unspecified atom stereocenters. The zero-order valence-corrected chi connectivity index (χ0v) is 11.9. The standard InChI is InChI=1S/C13H18N2O3.ClH/c1-9-8-15(6-5-14-9)13(17)11-7-10(18-2)3-4-12(11)16;/h3-4,7,9,14,16H,5-6,8H2,1-2H3;1H/t9-;/m1./s1. The highest BCUT2D eigenvalue weighted by atomic mass is 35.5. The molecule has 1 fully saturated rings. The molecule has 0 saturated carbocycles. The van der Waals surface area contributed by atoms with Gasteiger partial charge in [0.25, 0.3) is 5.91 Å². The van der Waals surface area contributed by atoms with Gasteiger partial charge in [-0.05, 0) is 25.1 Å². The summed E-state index contributed by atoms with van der Waals surface area (Å²) < 4.78 is 5.07. The first-order chi connectivity index (χ1) is 8.61. The van der Waals surface area contributed by atoms with Crippen LogP contribution in [0, 0.1) is 0 Å². The van der Waals surface area contributed by atoms with Crippen LogP contribution in [0.15, 0.2) is 18.2 Å². The number of nitrogens with one attached hydrogen (secondary N) is 1. The second kappa shape index (κ2) is 6.63. The van der Waals surface area contributed by atoms with Crippen molar-refractivity contribution >= 4 is 18.3 Å². The average Bonchev–Trinajstić information content (AvgIpc) is 2.38. The third-order valence-electron chi connectivity index (χ3n) is 3.09. The van der Waals surface area contributed by atoms with Crippen molar-refractivity contribution in [2.45, 2.75) is 13.0 Å². The van der Waals surface area contributed by atoms with Gasteiger partial charge in [-0.2, -0.15) is 0 Å². The van der Waals surface area contributed by atoms with Crippen molar-refractivity contribution in [1.29, 1.82) is 0 Å². The van der Waals surface area contributed by atoms with Gasteiger partial charge < -0.3 is 20.1 Å². The molecule has 19 heavy (non-hydrogen) atoms. The van der Waals surface area contributed by atoms with Crippen LogP contribution in [0.5, 0.6) is 11.5 Å². The maximum Gasteiger partial charge on any atom is 0.257 e. The monoisotopic (exact) mass is 286 g/mol. The van der Waals surface area contributed by atoms with Crippen LogP contribution in [0.2, 0.25) is 0 Å². The number of halogens is 1. The van der Waals surface area contributed by atoms with Crippen LogP contribution in [-0.2, 0) is 0 Å². The highest BCUT2D eigenvalue weighted by Crippen LogP contribution is 2.24. The van der Waals surface area contributed by atoms with Gasteiger partial charge in [-0.1, -0.05) is 0 Å². The number of phenols is 1. The Bertz CT molecular complexity index is 454. The molecule has 1 atom stereocenters. The van der Waals surface area contributed by atoms with Crippen LogP contribution in [0.4, 0.5) is 0 Å². The number of carbonyl (C=O) groups excluding carboxylic acids is 1. The molecule has 1 aliphatic rings. The molecule has 1 amide bonds. The lowest BCUT2D eigenvalue weighted by atomic mass is 10.1. The van der Waals surface area contributed by atoms with E-state index in [1.165, 1.54) is 13.2 Å². The molecular weight excluding hydrogens is 268 g/mol. The first-order valence-electron chi connectivity index (χ1n) is 6.01. The highest BCUT2D eigenvalue weighted by molar-refractivity contribution is 5.97. The van der Waals surface area contributed by atoms with E-state index >= 15 is 0 Å². The lowest BCUT2D eigenvalue weighted by Gasteiger charge is -2.32. The molecule has 0 spiro atoms.